The number of hydrogen-bond acceptors (Lipinski definition) is 9. The van der Waals surface area contributed by atoms with Crippen molar-refractivity contribution in [3.05, 3.63) is 80.0 Å². The normalized spacial score (nSPS) is 26.0. The van der Waals surface area contributed by atoms with Crippen LogP contribution in [0.1, 0.15) is 76.8 Å². The molecule has 2 saturated carbocycles. The van der Waals surface area contributed by atoms with Gasteiger partial charge in [-0.25, -0.2) is 9.97 Å². The molecule has 0 bridgehead atoms. The highest BCUT2D eigenvalue weighted by Crippen LogP contribution is 2.72. The number of carbonyl (C=O) groups excluding carboxylic acids is 2. The van der Waals surface area contributed by atoms with Crippen LogP contribution in [0.5, 0.6) is 5.75 Å². The summed E-state index contributed by atoms with van der Waals surface area (Å²) in [7, 11) is 0. The van der Waals surface area contributed by atoms with Crippen LogP contribution >= 0.6 is 11.6 Å². The number of nitrogens with one attached hydrogen (secondary N) is 1. The predicted octanol–water partition coefficient (Wildman–Crippen LogP) is 4.49. The van der Waals surface area contributed by atoms with Crippen LogP contribution in [0.3, 0.4) is 0 Å². The Bertz CT molecular complexity index is 2310. The van der Waals surface area contributed by atoms with E-state index in [-0.39, 0.29) is 76.3 Å². The molecule has 17 heteroatoms. The molecule has 2 amide bonds. The van der Waals surface area contributed by atoms with E-state index in [2.05, 4.69) is 20.4 Å². The van der Waals surface area contributed by atoms with Gasteiger partial charge in [-0.3, -0.25) is 14.4 Å². The number of aromatic nitrogens is 6. The molecule has 52 heavy (non-hydrogen) atoms. The fourth-order valence-corrected chi connectivity index (χ4v) is 9.40. The lowest BCUT2D eigenvalue weighted by Gasteiger charge is -2.58. The van der Waals surface area contributed by atoms with E-state index >= 15 is 0 Å². The summed E-state index contributed by atoms with van der Waals surface area (Å²) in [6.07, 6.45) is 2.05. The average molecular weight is 737 g/mol. The molecule has 0 radical (unpaired) electrons. The van der Waals surface area contributed by atoms with E-state index < -0.39 is 23.1 Å². The minimum absolute atomic E-state index is 0.0140. The summed E-state index contributed by atoms with van der Waals surface area (Å²) in [5, 5.41) is 17.6. The van der Waals surface area contributed by atoms with Crippen LogP contribution in [-0.4, -0.2) is 76.8 Å². The van der Waals surface area contributed by atoms with Gasteiger partial charge in [0, 0.05) is 40.7 Å². The van der Waals surface area contributed by atoms with Gasteiger partial charge in [0.15, 0.2) is 17.3 Å². The molecule has 1 aromatic carbocycles. The highest BCUT2D eigenvalue weighted by molar-refractivity contribution is 6.33. The van der Waals surface area contributed by atoms with E-state index in [1.54, 1.807) is 16.4 Å². The molecule has 3 fully saturated rings. The number of ether oxygens (including phenoxy) is 1. The van der Waals surface area contributed by atoms with Gasteiger partial charge in [-0.05, 0) is 69.1 Å². The third kappa shape index (κ3) is 4.82. The summed E-state index contributed by atoms with van der Waals surface area (Å²) in [6.45, 7) is 2.45. The van der Waals surface area contributed by atoms with Crippen LogP contribution in [0.25, 0.3) is 11.4 Å². The maximum Gasteiger partial charge on any atom is 0.416 e. The molecular formula is C35H32ClF3N8O5. The van der Waals surface area contributed by atoms with Gasteiger partial charge in [0.2, 0.25) is 11.7 Å². The maximum absolute atomic E-state index is 14.7. The monoisotopic (exact) mass is 736 g/mol. The van der Waals surface area contributed by atoms with Gasteiger partial charge in [-0.15, -0.1) is 5.10 Å². The lowest BCUT2D eigenvalue weighted by Crippen LogP contribution is -2.64. The topological polar surface area (TPSA) is 157 Å². The molecule has 1 saturated heterocycles. The number of rotatable bonds is 5. The average Bonchev–Trinajstić information content (AvgIpc) is 3.68. The highest BCUT2D eigenvalue weighted by atomic mass is 35.5. The number of alkyl halides is 3. The van der Waals surface area contributed by atoms with E-state index in [0.29, 0.717) is 48.8 Å². The Labute approximate surface area is 298 Å². The summed E-state index contributed by atoms with van der Waals surface area (Å²) in [5.74, 6) is -0.703. The maximum atomic E-state index is 14.7. The number of benzene rings is 1. The van der Waals surface area contributed by atoms with E-state index in [0.717, 1.165) is 43.0 Å². The molecule has 13 nitrogen and oxygen atoms in total. The number of aryl methyl sites for hydroxylation is 1. The van der Waals surface area contributed by atoms with Gasteiger partial charge in [-0.1, -0.05) is 17.7 Å². The fourth-order valence-electron chi connectivity index (χ4n) is 9.17. The zero-order valence-electron chi connectivity index (χ0n) is 27.8. The van der Waals surface area contributed by atoms with Gasteiger partial charge in [-0.2, -0.15) is 22.7 Å². The molecule has 3 aliphatic carbocycles. The minimum Gasteiger partial charge on any atom is -0.504 e. The second kappa shape index (κ2) is 11.6. The van der Waals surface area contributed by atoms with Crippen LogP contribution in [0, 0.1) is 18.8 Å². The van der Waals surface area contributed by atoms with Crippen molar-refractivity contribution >= 4 is 40.5 Å². The van der Waals surface area contributed by atoms with E-state index in [4.69, 9.17) is 21.3 Å². The predicted molar refractivity (Wildman–Crippen MR) is 179 cm³/mol. The number of halogens is 4. The standard InChI is InChI=1S/C35H32ClF3N8O5/c1-16-29(49)27(41-15-40-16)32(51)45-9-8-34(20-5-7-24(20)45)21-12-19(21)28-26(34)31(50)47-33(43-30(44-47)17-3-2-10-52-14-17)46(28)13-25(48)42-23-6-4-18(11-22(23)36)35(37,38)39/h3-4,6,11,15,19-21,24,49H,2,5,7-10,12-14H2,1H3,(H,42,48)/t19-,20+,21+,24-,34-/m0/s1. The summed E-state index contributed by atoms with van der Waals surface area (Å²) >= 11 is 6.18. The van der Waals surface area contributed by atoms with Crippen molar-refractivity contribution in [3.63, 3.8) is 0 Å². The number of amides is 2. The third-order valence-electron chi connectivity index (χ3n) is 11.7. The molecule has 5 heterocycles. The summed E-state index contributed by atoms with van der Waals surface area (Å²) in [6, 6.07) is 2.53. The van der Waals surface area contributed by atoms with Crippen LogP contribution in [-0.2, 0) is 27.7 Å². The number of anilines is 1. The second-order valence-corrected chi connectivity index (χ2v) is 14.7. The van der Waals surface area contributed by atoms with E-state index in [1.807, 2.05) is 6.08 Å². The first-order valence-corrected chi connectivity index (χ1v) is 17.6. The zero-order chi connectivity index (χ0) is 36.3. The Kier molecular flexibility index (Phi) is 7.36. The lowest BCUT2D eigenvalue weighted by molar-refractivity contribution is -0.137. The van der Waals surface area contributed by atoms with Crippen molar-refractivity contribution in [3.8, 4) is 5.75 Å². The molecule has 2 aliphatic heterocycles. The van der Waals surface area contributed by atoms with Gasteiger partial charge in [0.1, 0.15) is 12.9 Å². The Morgan fingerprint density at radius 2 is 2.02 bits per heavy atom. The largest absolute Gasteiger partial charge is 0.504 e. The number of carbonyl (C=O) groups is 2. The number of hydrogen-bond donors (Lipinski definition) is 2. The molecule has 270 valence electrons. The first kappa shape index (κ1) is 33.0. The number of aromatic hydroxyl groups is 1. The van der Waals surface area contributed by atoms with Crippen LogP contribution < -0.4 is 10.9 Å². The van der Waals surface area contributed by atoms with Crippen molar-refractivity contribution in [2.24, 2.45) is 11.8 Å². The molecule has 5 atom stereocenters. The highest BCUT2D eigenvalue weighted by Gasteiger charge is 2.70. The Morgan fingerprint density at radius 1 is 1.19 bits per heavy atom. The van der Waals surface area contributed by atoms with Gasteiger partial charge in [0.25, 0.3) is 11.5 Å². The SMILES string of the molecule is Cc1ncnc(C(=O)N2CC[C@]3(c4c(n(CC(=O)Nc5ccc(C(F)(F)F)cc5Cl)c5nc(C6=CCCOC6)nn5c4=O)[C@H]4C[C@H]43)[C@@H]3CC[C@@H]32)c1O. The molecule has 0 unspecified atom stereocenters. The molecule has 3 aromatic heterocycles. The Hall–Kier alpha value is -4.83. The van der Waals surface area contributed by atoms with Crippen molar-refractivity contribution in [2.45, 2.75) is 69.1 Å². The zero-order valence-corrected chi connectivity index (χ0v) is 28.5. The smallest absolute Gasteiger partial charge is 0.416 e. The molecule has 4 aromatic rings. The van der Waals surface area contributed by atoms with Crippen LogP contribution in [0.2, 0.25) is 5.02 Å². The number of fused-ring (bicyclic) bond motifs is 8. The first-order chi connectivity index (χ1) is 24.9. The molecular weight excluding hydrogens is 705 g/mol. The Morgan fingerprint density at radius 3 is 2.73 bits per heavy atom. The molecule has 2 N–H and O–H groups in total. The van der Waals surface area contributed by atoms with Gasteiger partial charge >= 0.3 is 6.18 Å². The second-order valence-electron chi connectivity index (χ2n) is 14.3. The number of piperidine rings is 1. The van der Waals surface area contributed by atoms with E-state index in [9.17, 15) is 32.7 Å². The van der Waals surface area contributed by atoms with Gasteiger partial charge < -0.3 is 24.6 Å². The summed E-state index contributed by atoms with van der Waals surface area (Å²) in [4.78, 5) is 56.8. The van der Waals surface area contributed by atoms with Crippen molar-refractivity contribution in [1.82, 2.24) is 34.0 Å². The van der Waals surface area contributed by atoms with Crippen molar-refractivity contribution in [1.29, 1.82) is 0 Å². The first-order valence-electron chi connectivity index (χ1n) is 17.2. The van der Waals surface area contributed by atoms with E-state index in [1.165, 1.54) is 10.8 Å². The number of likely N-dealkylation sites (tertiary alicyclic amines) is 1. The molecule has 9 rings (SSSR count). The lowest BCUT2D eigenvalue weighted by atomic mass is 9.54. The Balaban J connectivity index is 1.12. The summed E-state index contributed by atoms with van der Waals surface area (Å²) in [5.41, 5.74) is 0.434. The third-order valence-corrected chi connectivity index (χ3v) is 12.0. The molecule has 5 aliphatic rings. The molecule has 1 spiro atoms. The van der Waals surface area contributed by atoms with Crippen LogP contribution in [0.4, 0.5) is 18.9 Å². The fraction of sp³-hybridized carbons (Fsp3) is 0.457. The van der Waals surface area contributed by atoms with Crippen molar-refractivity contribution in [2.75, 3.05) is 25.1 Å². The van der Waals surface area contributed by atoms with Crippen molar-refractivity contribution < 1.29 is 32.6 Å². The quantitative estimate of drug-likeness (QED) is 0.302. The minimum atomic E-state index is -4.60. The summed E-state index contributed by atoms with van der Waals surface area (Å²) < 4.78 is 48.4. The van der Waals surface area contributed by atoms with Gasteiger partial charge in [0.05, 0.1) is 35.2 Å². The van der Waals surface area contributed by atoms with Crippen LogP contribution in [0.15, 0.2) is 35.4 Å². The number of nitrogens with zero attached hydrogens (tertiary/aromatic N) is 7.